The minimum absolute atomic E-state index is 0.243. The Morgan fingerprint density at radius 1 is 1.22 bits per heavy atom. The normalized spacial score (nSPS) is 14.6. The second-order valence-corrected chi connectivity index (χ2v) is 6.62. The van der Waals surface area contributed by atoms with E-state index in [-0.39, 0.29) is 17.6 Å². The Morgan fingerprint density at radius 2 is 1.78 bits per heavy atom. The molecule has 0 spiro atoms. The molecule has 0 aromatic rings. The van der Waals surface area contributed by atoms with E-state index in [4.69, 9.17) is 5.11 Å². The van der Waals surface area contributed by atoms with Gasteiger partial charge in [-0.05, 0) is 18.3 Å². The maximum absolute atomic E-state index is 11.8. The maximum Gasteiger partial charge on any atom is 0.319 e. The van der Waals surface area contributed by atoms with Crippen LogP contribution in [0.4, 0.5) is 0 Å². The first-order valence-electron chi connectivity index (χ1n) is 6.12. The van der Waals surface area contributed by atoms with Gasteiger partial charge in [0.1, 0.15) is 11.0 Å². The van der Waals surface area contributed by atoms with Crippen molar-refractivity contribution in [1.29, 1.82) is 0 Å². The van der Waals surface area contributed by atoms with Crippen molar-refractivity contribution < 1.29 is 18.9 Å². The first kappa shape index (κ1) is 17.1. The number of nitrogens with one attached hydrogen (secondary N) is 1. The fourth-order valence-corrected chi connectivity index (χ4v) is 2.84. The third-order valence-corrected chi connectivity index (χ3v) is 4.31. The lowest BCUT2D eigenvalue weighted by Gasteiger charge is -2.15. The zero-order chi connectivity index (χ0) is 14.3. The second-order valence-electron chi connectivity index (χ2n) is 5.06. The summed E-state index contributed by atoms with van der Waals surface area (Å²) in [6.07, 6.45) is 0.852. The number of carboxylic acid groups (broad SMARTS) is 1. The number of amides is 1. The molecule has 2 atom stereocenters. The second kappa shape index (κ2) is 8.24. The first-order valence-corrected chi connectivity index (χ1v) is 7.50. The highest BCUT2D eigenvalue weighted by Crippen LogP contribution is 2.10. The van der Waals surface area contributed by atoms with Crippen LogP contribution >= 0.6 is 0 Å². The third kappa shape index (κ3) is 6.74. The van der Waals surface area contributed by atoms with Crippen molar-refractivity contribution in [3.8, 4) is 0 Å². The summed E-state index contributed by atoms with van der Waals surface area (Å²) in [5, 5.41) is 10.6. The van der Waals surface area contributed by atoms with Gasteiger partial charge in [0.25, 0.3) is 0 Å². The van der Waals surface area contributed by atoms with Crippen molar-refractivity contribution in [3.05, 3.63) is 0 Å². The quantitative estimate of drug-likeness (QED) is 0.693. The molecule has 0 saturated heterocycles. The monoisotopic (exact) mass is 277 g/mol. The Kier molecular flexibility index (Phi) is 7.82. The van der Waals surface area contributed by atoms with Crippen LogP contribution in [0.5, 0.6) is 0 Å². The average Bonchev–Trinajstić information content (AvgIpc) is 2.14. The van der Waals surface area contributed by atoms with Gasteiger partial charge < -0.3 is 10.4 Å². The van der Waals surface area contributed by atoms with Crippen molar-refractivity contribution in [1.82, 2.24) is 5.32 Å². The van der Waals surface area contributed by atoms with E-state index in [1.165, 1.54) is 0 Å². The smallest absolute Gasteiger partial charge is 0.319 e. The molecular weight excluding hydrogens is 254 g/mol. The van der Waals surface area contributed by atoms with Gasteiger partial charge in [0.2, 0.25) is 5.91 Å². The van der Waals surface area contributed by atoms with Crippen LogP contribution in [0.1, 0.15) is 34.1 Å². The summed E-state index contributed by atoms with van der Waals surface area (Å²) in [4.78, 5) is 22.4. The molecule has 2 N–H and O–H groups in total. The Hall–Kier alpha value is -0.910. The van der Waals surface area contributed by atoms with E-state index in [0.29, 0.717) is 12.5 Å². The third-order valence-electron chi connectivity index (χ3n) is 2.45. The minimum atomic E-state index is -1.67. The topological polar surface area (TPSA) is 83.5 Å². The van der Waals surface area contributed by atoms with E-state index < -0.39 is 22.0 Å². The summed E-state index contributed by atoms with van der Waals surface area (Å²) < 4.78 is 11.8. The molecule has 6 heteroatoms. The molecule has 0 aromatic heterocycles. The Labute approximate surface area is 111 Å². The van der Waals surface area contributed by atoms with Gasteiger partial charge in [0.15, 0.2) is 0 Å². The molecule has 106 valence electrons. The molecule has 0 aromatic carbocycles. The number of carboxylic acids is 1. The summed E-state index contributed by atoms with van der Waals surface area (Å²) in [5.74, 6) is -1.48. The molecule has 0 heterocycles. The number of hydrogen-bond donors (Lipinski definition) is 2. The molecular formula is C12H23NO4S. The fourth-order valence-electron chi connectivity index (χ4n) is 1.47. The molecule has 0 radical (unpaired) electrons. The largest absolute Gasteiger partial charge is 0.480 e. The van der Waals surface area contributed by atoms with E-state index in [2.05, 4.69) is 5.32 Å². The predicted molar refractivity (Wildman–Crippen MR) is 71.7 cm³/mol. The van der Waals surface area contributed by atoms with Gasteiger partial charge in [-0.2, -0.15) is 0 Å². The van der Waals surface area contributed by atoms with Gasteiger partial charge in [0.05, 0.1) is 0 Å². The van der Waals surface area contributed by atoms with E-state index in [1.807, 2.05) is 13.8 Å². The van der Waals surface area contributed by atoms with Crippen molar-refractivity contribution in [3.63, 3.8) is 0 Å². The molecule has 0 bridgehead atoms. The van der Waals surface area contributed by atoms with Crippen molar-refractivity contribution >= 4 is 22.7 Å². The SMILES string of the molecule is CC(C)CCNC(=O)CS(=O)C(C(=O)O)C(C)C. The molecule has 0 aliphatic rings. The Bertz CT molecular complexity index is 315. The highest BCUT2D eigenvalue weighted by atomic mass is 32.2. The first-order chi connectivity index (χ1) is 8.25. The van der Waals surface area contributed by atoms with Crippen LogP contribution in [0, 0.1) is 11.8 Å². The van der Waals surface area contributed by atoms with Crippen LogP contribution in [0.25, 0.3) is 0 Å². The predicted octanol–water partition coefficient (Wildman–Crippen LogP) is 1.01. The number of hydrogen-bond acceptors (Lipinski definition) is 3. The summed E-state index contributed by atoms with van der Waals surface area (Å²) in [5.41, 5.74) is 0. The van der Waals surface area contributed by atoms with Crippen LogP contribution in [0.3, 0.4) is 0 Å². The van der Waals surface area contributed by atoms with E-state index in [0.717, 1.165) is 6.42 Å². The van der Waals surface area contributed by atoms with Gasteiger partial charge in [-0.3, -0.25) is 13.8 Å². The van der Waals surface area contributed by atoms with Crippen molar-refractivity contribution in [2.45, 2.75) is 39.4 Å². The average molecular weight is 277 g/mol. The summed E-state index contributed by atoms with van der Waals surface area (Å²) in [6.45, 7) is 8.00. The van der Waals surface area contributed by atoms with Crippen molar-refractivity contribution in [2.75, 3.05) is 12.3 Å². The summed E-state index contributed by atoms with van der Waals surface area (Å²) >= 11 is 0. The maximum atomic E-state index is 11.8. The number of carbonyl (C=O) groups excluding carboxylic acids is 1. The zero-order valence-corrected chi connectivity index (χ0v) is 12.3. The van der Waals surface area contributed by atoms with Gasteiger partial charge in [0, 0.05) is 17.3 Å². The Balaban J connectivity index is 4.21. The summed E-state index contributed by atoms with van der Waals surface area (Å²) in [6, 6.07) is 0. The molecule has 2 unspecified atom stereocenters. The molecule has 18 heavy (non-hydrogen) atoms. The Morgan fingerprint density at radius 3 is 2.17 bits per heavy atom. The number of aliphatic carboxylic acids is 1. The van der Waals surface area contributed by atoms with Crippen molar-refractivity contribution in [2.24, 2.45) is 11.8 Å². The van der Waals surface area contributed by atoms with Crippen LogP contribution in [-0.4, -0.2) is 38.7 Å². The molecule has 1 amide bonds. The number of carbonyl (C=O) groups is 2. The molecule has 5 nitrogen and oxygen atoms in total. The van der Waals surface area contributed by atoms with Gasteiger partial charge in [-0.15, -0.1) is 0 Å². The lowest BCUT2D eigenvalue weighted by Crippen LogP contribution is -2.37. The summed E-state index contributed by atoms with van der Waals surface area (Å²) in [7, 11) is -1.67. The lowest BCUT2D eigenvalue weighted by molar-refractivity contribution is -0.137. The van der Waals surface area contributed by atoms with Crippen LogP contribution in [-0.2, 0) is 20.4 Å². The van der Waals surface area contributed by atoms with E-state index in [9.17, 15) is 13.8 Å². The van der Waals surface area contributed by atoms with E-state index >= 15 is 0 Å². The van der Waals surface area contributed by atoms with Gasteiger partial charge in [-0.1, -0.05) is 27.7 Å². The molecule has 0 fully saturated rings. The van der Waals surface area contributed by atoms with E-state index in [1.54, 1.807) is 13.8 Å². The zero-order valence-electron chi connectivity index (χ0n) is 11.4. The molecule has 0 aliphatic carbocycles. The number of rotatable bonds is 8. The molecule has 0 saturated carbocycles. The lowest BCUT2D eigenvalue weighted by atomic mass is 10.1. The minimum Gasteiger partial charge on any atom is -0.480 e. The van der Waals surface area contributed by atoms with Crippen LogP contribution in [0.15, 0.2) is 0 Å². The van der Waals surface area contributed by atoms with Gasteiger partial charge >= 0.3 is 5.97 Å². The van der Waals surface area contributed by atoms with Gasteiger partial charge in [-0.25, -0.2) is 0 Å². The highest BCUT2D eigenvalue weighted by Gasteiger charge is 2.29. The highest BCUT2D eigenvalue weighted by molar-refractivity contribution is 7.87. The fraction of sp³-hybridized carbons (Fsp3) is 0.833. The van der Waals surface area contributed by atoms with Crippen LogP contribution in [0.2, 0.25) is 0 Å². The van der Waals surface area contributed by atoms with Crippen LogP contribution < -0.4 is 5.32 Å². The standard InChI is InChI=1S/C12H23NO4S/c1-8(2)5-6-13-10(14)7-18(17)11(9(3)4)12(15)16/h8-9,11H,5-7H2,1-4H3,(H,13,14)(H,15,16). The molecule has 0 rings (SSSR count). The molecule has 0 aliphatic heterocycles.